The van der Waals surface area contributed by atoms with Crippen LogP contribution in [-0.4, -0.2) is 65.2 Å². The van der Waals surface area contributed by atoms with E-state index in [-0.39, 0.29) is 12.1 Å². The lowest BCUT2D eigenvalue weighted by Gasteiger charge is -2.37. The minimum absolute atomic E-state index is 0.0800. The van der Waals surface area contributed by atoms with Gasteiger partial charge in [-0.3, -0.25) is 9.69 Å². The van der Waals surface area contributed by atoms with Gasteiger partial charge in [0.1, 0.15) is 0 Å². The molecule has 21 heavy (non-hydrogen) atoms. The summed E-state index contributed by atoms with van der Waals surface area (Å²) in [6.45, 7) is 3.41. The normalized spacial score (nSPS) is 31.0. The number of amides is 2. The number of hydrogen-bond donors (Lipinski definition) is 2. The average Bonchev–Trinajstić information content (AvgIpc) is 3.32. The second-order valence-corrected chi connectivity index (χ2v) is 6.54. The third-order valence-corrected chi connectivity index (χ3v) is 5.06. The minimum atomic E-state index is -0.779. The Labute approximate surface area is 125 Å². The van der Waals surface area contributed by atoms with E-state index < -0.39 is 11.9 Å². The van der Waals surface area contributed by atoms with Crippen LogP contribution < -0.4 is 5.32 Å². The van der Waals surface area contributed by atoms with Crippen LogP contribution in [0.2, 0.25) is 0 Å². The fourth-order valence-electron chi connectivity index (χ4n) is 3.58. The smallest absolute Gasteiger partial charge is 0.317 e. The van der Waals surface area contributed by atoms with E-state index in [2.05, 4.69) is 10.2 Å². The molecule has 3 fully saturated rings. The van der Waals surface area contributed by atoms with Gasteiger partial charge in [0.2, 0.25) is 0 Å². The summed E-state index contributed by atoms with van der Waals surface area (Å²) in [4.78, 5) is 27.9. The van der Waals surface area contributed by atoms with Crippen LogP contribution in [-0.2, 0) is 4.79 Å². The van der Waals surface area contributed by atoms with Gasteiger partial charge >= 0.3 is 12.0 Å². The second kappa shape index (κ2) is 6.22. The number of nitrogens with one attached hydrogen (secondary N) is 1. The summed E-state index contributed by atoms with van der Waals surface area (Å²) in [7, 11) is 0. The zero-order valence-corrected chi connectivity index (χ0v) is 12.5. The molecule has 0 radical (unpaired) electrons. The number of carbonyl (C=O) groups excluding carboxylic acids is 1. The zero-order valence-electron chi connectivity index (χ0n) is 12.5. The van der Waals surface area contributed by atoms with Crippen LogP contribution >= 0.6 is 0 Å². The van der Waals surface area contributed by atoms with Crippen molar-refractivity contribution in [2.45, 2.75) is 50.6 Å². The number of hydrogen-bond acceptors (Lipinski definition) is 3. The van der Waals surface area contributed by atoms with Gasteiger partial charge < -0.3 is 15.3 Å². The molecule has 1 heterocycles. The molecule has 2 atom stereocenters. The Balaban J connectivity index is 1.49. The van der Waals surface area contributed by atoms with E-state index in [1.54, 1.807) is 0 Å². The summed E-state index contributed by atoms with van der Waals surface area (Å²) >= 11 is 0. The zero-order chi connectivity index (χ0) is 14.8. The molecule has 2 aliphatic carbocycles. The lowest BCUT2D eigenvalue weighted by molar-refractivity contribution is -0.143. The van der Waals surface area contributed by atoms with Gasteiger partial charge in [0.15, 0.2) is 0 Å². The number of rotatable bonds is 3. The SMILES string of the molecule is O=C(O)C1CCCCC1NC(=O)N1CCN(C2CC2)CC1. The fraction of sp³-hybridized carbons (Fsp3) is 0.867. The van der Waals surface area contributed by atoms with Crippen molar-refractivity contribution in [1.29, 1.82) is 0 Å². The molecular weight excluding hydrogens is 270 g/mol. The Hall–Kier alpha value is -1.30. The number of carboxylic acid groups (broad SMARTS) is 1. The first kappa shape index (κ1) is 14.6. The first-order chi connectivity index (χ1) is 10.1. The maximum absolute atomic E-state index is 12.3. The molecule has 0 aromatic rings. The highest BCUT2D eigenvalue weighted by Crippen LogP contribution is 2.28. The fourth-order valence-corrected chi connectivity index (χ4v) is 3.58. The predicted molar refractivity (Wildman–Crippen MR) is 78.1 cm³/mol. The topological polar surface area (TPSA) is 72.9 Å². The largest absolute Gasteiger partial charge is 0.481 e. The predicted octanol–water partition coefficient (Wildman–Crippen LogP) is 1.12. The van der Waals surface area contributed by atoms with E-state index >= 15 is 0 Å². The molecule has 0 aromatic heterocycles. The van der Waals surface area contributed by atoms with Crippen molar-refractivity contribution in [3.05, 3.63) is 0 Å². The molecule has 3 rings (SSSR count). The molecule has 3 aliphatic rings. The van der Waals surface area contributed by atoms with Crippen LogP contribution in [0.25, 0.3) is 0 Å². The number of urea groups is 1. The van der Waals surface area contributed by atoms with Crippen molar-refractivity contribution in [1.82, 2.24) is 15.1 Å². The molecule has 0 bridgehead atoms. The number of carboxylic acids is 1. The first-order valence-electron chi connectivity index (χ1n) is 8.17. The van der Waals surface area contributed by atoms with E-state index in [1.807, 2.05) is 4.90 Å². The highest BCUT2D eigenvalue weighted by Gasteiger charge is 2.35. The quantitative estimate of drug-likeness (QED) is 0.818. The number of aliphatic carboxylic acids is 1. The lowest BCUT2D eigenvalue weighted by atomic mass is 9.84. The maximum Gasteiger partial charge on any atom is 0.317 e. The summed E-state index contributed by atoms with van der Waals surface area (Å²) in [5.41, 5.74) is 0. The van der Waals surface area contributed by atoms with Crippen LogP contribution in [0.3, 0.4) is 0 Å². The highest BCUT2D eigenvalue weighted by molar-refractivity contribution is 5.77. The minimum Gasteiger partial charge on any atom is -0.481 e. The molecule has 2 unspecified atom stereocenters. The maximum atomic E-state index is 12.3. The highest BCUT2D eigenvalue weighted by atomic mass is 16.4. The molecule has 0 spiro atoms. The van der Waals surface area contributed by atoms with E-state index in [4.69, 9.17) is 0 Å². The van der Waals surface area contributed by atoms with Crippen LogP contribution in [0, 0.1) is 5.92 Å². The summed E-state index contributed by atoms with van der Waals surface area (Å²) in [5, 5.41) is 12.2. The van der Waals surface area contributed by atoms with Crippen LogP contribution in [0.5, 0.6) is 0 Å². The molecule has 6 heteroatoms. The third kappa shape index (κ3) is 3.48. The van der Waals surface area contributed by atoms with Crippen molar-refractivity contribution in [3.63, 3.8) is 0 Å². The lowest BCUT2D eigenvalue weighted by Crippen LogP contribution is -2.55. The molecule has 0 aromatic carbocycles. The van der Waals surface area contributed by atoms with Gasteiger partial charge in [0.25, 0.3) is 0 Å². The molecule has 2 amide bonds. The van der Waals surface area contributed by atoms with Crippen molar-refractivity contribution in [2.24, 2.45) is 5.92 Å². The standard InChI is InChI=1S/C15H25N3O3/c19-14(20)12-3-1-2-4-13(12)16-15(21)18-9-7-17(8-10-18)11-5-6-11/h11-13H,1-10H2,(H,16,21)(H,19,20). The molecular formula is C15H25N3O3. The first-order valence-corrected chi connectivity index (χ1v) is 8.17. The van der Waals surface area contributed by atoms with Crippen LogP contribution in [0.1, 0.15) is 38.5 Å². The van der Waals surface area contributed by atoms with Crippen molar-refractivity contribution >= 4 is 12.0 Å². The van der Waals surface area contributed by atoms with Gasteiger partial charge in [-0.05, 0) is 25.7 Å². The van der Waals surface area contributed by atoms with Crippen LogP contribution in [0.4, 0.5) is 4.79 Å². The molecule has 1 saturated heterocycles. The summed E-state index contributed by atoms with van der Waals surface area (Å²) in [6, 6.07) is 0.471. The molecule has 6 nitrogen and oxygen atoms in total. The van der Waals surface area contributed by atoms with Gasteiger partial charge in [-0.1, -0.05) is 12.8 Å². The summed E-state index contributed by atoms with van der Waals surface area (Å²) in [5.74, 6) is -1.20. The van der Waals surface area contributed by atoms with E-state index in [0.717, 1.165) is 51.5 Å². The molecule has 2 saturated carbocycles. The Morgan fingerprint density at radius 1 is 0.952 bits per heavy atom. The van der Waals surface area contributed by atoms with Gasteiger partial charge in [-0.2, -0.15) is 0 Å². The van der Waals surface area contributed by atoms with Crippen molar-refractivity contribution < 1.29 is 14.7 Å². The number of nitrogens with zero attached hydrogens (tertiary/aromatic N) is 2. The van der Waals surface area contributed by atoms with Gasteiger partial charge in [0, 0.05) is 38.3 Å². The Morgan fingerprint density at radius 3 is 2.24 bits per heavy atom. The van der Waals surface area contributed by atoms with E-state index in [1.165, 1.54) is 12.8 Å². The number of carbonyl (C=O) groups is 2. The number of piperazine rings is 1. The molecule has 2 N–H and O–H groups in total. The Morgan fingerprint density at radius 2 is 1.62 bits per heavy atom. The van der Waals surface area contributed by atoms with Crippen molar-refractivity contribution in [3.8, 4) is 0 Å². The Kier molecular flexibility index (Phi) is 4.33. The van der Waals surface area contributed by atoms with Gasteiger partial charge in [-0.25, -0.2) is 4.79 Å². The average molecular weight is 295 g/mol. The summed E-state index contributed by atoms with van der Waals surface area (Å²) in [6.07, 6.45) is 6.01. The monoisotopic (exact) mass is 295 g/mol. The molecule has 1 aliphatic heterocycles. The van der Waals surface area contributed by atoms with Gasteiger partial charge in [-0.15, -0.1) is 0 Å². The second-order valence-electron chi connectivity index (χ2n) is 6.54. The van der Waals surface area contributed by atoms with Crippen molar-refractivity contribution in [2.75, 3.05) is 26.2 Å². The van der Waals surface area contributed by atoms with Gasteiger partial charge in [0.05, 0.1) is 5.92 Å². The Bertz CT molecular complexity index is 403. The summed E-state index contributed by atoms with van der Waals surface area (Å²) < 4.78 is 0. The molecule has 118 valence electrons. The van der Waals surface area contributed by atoms with E-state index in [9.17, 15) is 14.7 Å². The third-order valence-electron chi connectivity index (χ3n) is 5.06. The van der Waals surface area contributed by atoms with Crippen LogP contribution in [0.15, 0.2) is 0 Å². The van der Waals surface area contributed by atoms with E-state index in [0.29, 0.717) is 6.42 Å².